The number of nitrogens with one attached hydrogen (secondary N) is 3. The molecular weight excluding hydrogens is 334 g/mol. The minimum absolute atomic E-state index is 0.0877. The minimum atomic E-state index is -0.103. The second-order valence-electron chi connectivity index (χ2n) is 7.01. The van der Waals surface area contributed by atoms with Gasteiger partial charge in [-0.2, -0.15) is 0 Å². The van der Waals surface area contributed by atoms with Crippen LogP contribution in [-0.2, 0) is 9.59 Å². The van der Waals surface area contributed by atoms with Crippen LogP contribution in [0, 0.1) is 11.8 Å². The Morgan fingerprint density at radius 2 is 1.76 bits per heavy atom. The molecule has 0 heterocycles. The Bertz CT molecular complexity index is 625. The van der Waals surface area contributed by atoms with E-state index in [9.17, 15) is 9.59 Å². The highest BCUT2D eigenvalue weighted by molar-refractivity contribution is 7.80. The van der Waals surface area contributed by atoms with E-state index in [1.807, 2.05) is 38.1 Å². The Labute approximate surface area is 155 Å². The van der Waals surface area contributed by atoms with Gasteiger partial charge in [-0.3, -0.25) is 9.59 Å². The maximum atomic E-state index is 12.3. The van der Waals surface area contributed by atoms with Crippen molar-refractivity contribution in [1.29, 1.82) is 0 Å². The third-order valence-corrected chi connectivity index (χ3v) is 4.41. The molecule has 0 radical (unpaired) electrons. The topological polar surface area (TPSA) is 70.2 Å². The van der Waals surface area contributed by atoms with Crippen molar-refractivity contribution < 1.29 is 9.59 Å². The van der Waals surface area contributed by atoms with Crippen molar-refractivity contribution in [2.24, 2.45) is 11.8 Å². The van der Waals surface area contributed by atoms with Gasteiger partial charge in [0.2, 0.25) is 11.8 Å². The van der Waals surface area contributed by atoms with Crippen molar-refractivity contribution in [3.63, 3.8) is 0 Å². The summed E-state index contributed by atoms with van der Waals surface area (Å²) in [7, 11) is 0. The van der Waals surface area contributed by atoms with Gasteiger partial charge in [0.1, 0.15) is 0 Å². The zero-order chi connectivity index (χ0) is 18.2. The van der Waals surface area contributed by atoms with Gasteiger partial charge in [0, 0.05) is 23.7 Å². The summed E-state index contributed by atoms with van der Waals surface area (Å²) in [6.07, 6.45) is 5.85. The second-order valence-corrected chi connectivity index (χ2v) is 7.41. The number of carbonyl (C=O) groups excluding carboxylic acids is 2. The van der Waals surface area contributed by atoms with Gasteiger partial charge in [-0.15, -0.1) is 0 Å². The molecule has 2 amide bonds. The molecule has 3 N–H and O–H groups in total. The molecule has 25 heavy (non-hydrogen) atoms. The zero-order valence-electron chi connectivity index (χ0n) is 14.9. The molecule has 1 saturated carbocycles. The predicted octanol–water partition coefficient (Wildman–Crippen LogP) is 4.06. The van der Waals surface area contributed by atoms with E-state index in [-0.39, 0.29) is 28.8 Å². The fourth-order valence-electron chi connectivity index (χ4n) is 2.99. The lowest BCUT2D eigenvalue weighted by molar-refractivity contribution is -0.121. The lowest BCUT2D eigenvalue weighted by Crippen LogP contribution is -2.34. The molecular formula is C19H27N3O2S. The van der Waals surface area contributed by atoms with Gasteiger partial charge < -0.3 is 16.0 Å². The van der Waals surface area contributed by atoms with Crippen LogP contribution < -0.4 is 16.0 Å². The van der Waals surface area contributed by atoms with Crippen molar-refractivity contribution >= 4 is 40.5 Å². The second kappa shape index (κ2) is 9.51. The molecule has 0 bridgehead atoms. The average Bonchev–Trinajstić information content (AvgIpc) is 2.55. The molecule has 1 aromatic rings. The Balaban J connectivity index is 1.88. The highest BCUT2D eigenvalue weighted by Crippen LogP contribution is 2.25. The van der Waals surface area contributed by atoms with Gasteiger partial charge in [0.05, 0.1) is 0 Å². The molecule has 1 aromatic carbocycles. The van der Waals surface area contributed by atoms with Crippen LogP contribution in [0.25, 0.3) is 0 Å². The predicted molar refractivity (Wildman–Crippen MR) is 105 cm³/mol. The first kappa shape index (κ1) is 19.4. The lowest BCUT2D eigenvalue weighted by Gasteiger charge is -2.21. The number of carbonyl (C=O) groups is 2. The van der Waals surface area contributed by atoms with Crippen molar-refractivity contribution in [3.05, 3.63) is 24.3 Å². The molecule has 0 unspecified atom stereocenters. The average molecular weight is 362 g/mol. The number of hydrogen-bond donors (Lipinski definition) is 3. The minimum Gasteiger partial charge on any atom is -0.332 e. The number of anilines is 2. The van der Waals surface area contributed by atoms with E-state index >= 15 is 0 Å². The molecule has 0 spiro atoms. The Morgan fingerprint density at radius 3 is 2.40 bits per heavy atom. The number of hydrogen-bond acceptors (Lipinski definition) is 3. The van der Waals surface area contributed by atoms with E-state index in [1.165, 1.54) is 6.42 Å². The molecule has 2 rings (SSSR count). The summed E-state index contributed by atoms with van der Waals surface area (Å²) in [6, 6.07) is 7.36. The summed E-state index contributed by atoms with van der Waals surface area (Å²) in [5, 5.41) is 8.90. The quantitative estimate of drug-likeness (QED) is 0.692. The van der Waals surface area contributed by atoms with Gasteiger partial charge in [0.25, 0.3) is 0 Å². The fraction of sp³-hybridized carbons (Fsp3) is 0.526. The van der Waals surface area contributed by atoms with Gasteiger partial charge >= 0.3 is 0 Å². The lowest BCUT2D eigenvalue weighted by atomic mass is 9.88. The Morgan fingerprint density at radius 1 is 1.12 bits per heavy atom. The van der Waals surface area contributed by atoms with E-state index < -0.39 is 0 Å². The third kappa shape index (κ3) is 6.82. The molecule has 0 aliphatic heterocycles. The van der Waals surface area contributed by atoms with E-state index in [2.05, 4.69) is 16.0 Å². The monoisotopic (exact) mass is 361 g/mol. The normalized spacial score (nSPS) is 14.8. The van der Waals surface area contributed by atoms with E-state index in [0.29, 0.717) is 6.42 Å². The van der Waals surface area contributed by atoms with Crippen molar-refractivity contribution in [1.82, 2.24) is 5.32 Å². The maximum Gasteiger partial charge on any atom is 0.227 e. The first-order valence-electron chi connectivity index (χ1n) is 8.96. The van der Waals surface area contributed by atoms with Gasteiger partial charge in [0.15, 0.2) is 5.11 Å². The fourth-order valence-corrected chi connectivity index (χ4v) is 3.23. The summed E-state index contributed by atoms with van der Waals surface area (Å²) in [5.41, 5.74) is 1.47. The largest absolute Gasteiger partial charge is 0.332 e. The Hall–Kier alpha value is -1.95. The van der Waals surface area contributed by atoms with Crippen LogP contribution in [0.3, 0.4) is 0 Å². The van der Waals surface area contributed by atoms with Crippen LogP contribution in [-0.4, -0.2) is 16.9 Å². The highest BCUT2D eigenvalue weighted by atomic mass is 32.1. The van der Waals surface area contributed by atoms with Gasteiger partial charge in [-0.05, 0) is 49.2 Å². The van der Waals surface area contributed by atoms with Crippen LogP contribution in [0.1, 0.15) is 52.4 Å². The molecule has 0 aromatic heterocycles. The number of thiocarbonyl (C=S) groups is 1. The summed E-state index contributed by atoms with van der Waals surface area (Å²) in [4.78, 5) is 24.1. The molecule has 6 heteroatoms. The van der Waals surface area contributed by atoms with E-state index in [0.717, 1.165) is 37.1 Å². The van der Waals surface area contributed by atoms with Crippen LogP contribution >= 0.6 is 12.2 Å². The highest BCUT2D eigenvalue weighted by Gasteiger charge is 2.21. The zero-order valence-corrected chi connectivity index (χ0v) is 15.7. The molecule has 136 valence electrons. The standard InChI is InChI=1S/C19H27N3O2S/c1-13(2)11-17(23)22-19(25)21-16-10-6-9-15(12-16)20-18(24)14-7-4-3-5-8-14/h6,9-10,12-14H,3-5,7-8,11H2,1-2H3,(H,20,24)(H2,21,22,23,25). The maximum absolute atomic E-state index is 12.3. The van der Waals surface area contributed by atoms with E-state index in [4.69, 9.17) is 12.2 Å². The number of benzene rings is 1. The molecule has 5 nitrogen and oxygen atoms in total. The van der Waals surface area contributed by atoms with Crippen LogP contribution in [0.4, 0.5) is 11.4 Å². The molecule has 1 aliphatic rings. The first-order chi connectivity index (χ1) is 11.9. The molecule has 0 atom stereocenters. The third-order valence-electron chi connectivity index (χ3n) is 4.21. The summed E-state index contributed by atoms with van der Waals surface area (Å²) >= 11 is 5.17. The van der Waals surface area contributed by atoms with Crippen molar-refractivity contribution in [2.45, 2.75) is 52.4 Å². The van der Waals surface area contributed by atoms with Gasteiger partial charge in [-0.25, -0.2) is 0 Å². The smallest absolute Gasteiger partial charge is 0.227 e. The van der Waals surface area contributed by atoms with Crippen LogP contribution in [0.15, 0.2) is 24.3 Å². The van der Waals surface area contributed by atoms with Gasteiger partial charge in [-0.1, -0.05) is 39.2 Å². The SMILES string of the molecule is CC(C)CC(=O)NC(=S)Nc1cccc(NC(=O)C2CCCCC2)c1. The first-order valence-corrected chi connectivity index (χ1v) is 9.36. The van der Waals surface area contributed by atoms with Crippen molar-refractivity contribution in [2.75, 3.05) is 10.6 Å². The summed E-state index contributed by atoms with van der Waals surface area (Å²) < 4.78 is 0. The summed E-state index contributed by atoms with van der Waals surface area (Å²) in [5.74, 6) is 0.377. The molecule has 1 fully saturated rings. The Kier molecular flexibility index (Phi) is 7.37. The molecule has 0 saturated heterocycles. The van der Waals surface area contributed by atoms with Crippen LogP contribution in [0.5, 0.6) is 0 Å². The summed E-state index contributed by atoms with van der Waals surface area (Å²) in [6.45, 7) is 3.96. The number of rotatable bonds is 5. The number of amides is 2. The molecule has 1 aliphatic carbocycles. The van der Waals surface area contributed by atoms with Crippen molar-refractivity contribution in [3.8, 4) is 0 Å². The van der Waals surface area contributed by atoms with E-state index in [1.54, 1.807) is 0 Å². The van der Waals surface area contributed by atoms with Crippen LogP contribution in [0.2, 0.25) is 0 Å².